The Labute approximate surface area is 227 Å². The molecular weight excluding hydrogens is 541 g/mol. The van der Waals surface area contributed by atoms with Crippen LogP contribution in [0.2, 0.25) is 10.0 Å². The summed E-state index contributed by atoms with van der Waals surface area (Å²) >= 11 is 18.2. The zero-order chi connectivity index (χ0) is 25.7. The van der Waals surface area contributed by atoms with Crippen LogP contribution in [0.4, 0.5) is 0 Å². The minimum Gasteiger partial charge on any atom is -0.489 e. The van der Waals surface area contributed by atoms with Crippen molar-refractivity contribution in [2.24, 2.45) is 0 Å². The van der Waals surface area contributed by atoms with E-state index in [9.17, 15) is 9.59 Å². The number of benzene rings is 3. The second-order valence-corrected chi connectivity index (χ2v) is 10.2. The van der Waals surface area contributed by atoms with Gasteiger partial charge in [0.25, 0.3) is 5.91 Å². The number of halogens is 2. The van der Waals surface area contributed by atoms with Gasteiger partial charge in [-0.15, -0.1) is 0 Å². The lowest BCUT2D eigenvalue weighted by molar-refractivity contribution is -0.140. The van der Waals surface area contributed by atoms with Crippen LogP contribution in [-0.4, -0.2) is 32.7 Å². The highest BCUT2D eigenvalue weighted by atomic mass is 35.5. The van der Waals surface area contributed by atoms with E-state index in [0.29, 0.717) is 38.6 Å². The summed E-state index contributed by atoms with van der Waals surface area (Å²) in [6.45, 7) is 0.110. The molecule has 1 aliphatic heterocycles. The van der Waals surface area contributed by atoms with Gasteiger partial charge in [0.1, 0.15) is 35.6 Å². The molecule has 36 heavy (non-hydrogen) atoms. The summed E-state index contributed by atoms with van der Waals surface area (Å²) in [4.78, 5) is 25.2. The van der Waals surface area contributed by atoms with E-state index in [0.717, 1.165) is 27.8 Å². The van der Waals surface area contributed by atoms with Gasteiger partial charge in [0, 0.05) is 21.7 Å². The molecule has 1 saturated heterocycles. The number of thiocarbonyl (C=S) groups is 1. The molecule has 3 aromatic rings. The molecule has 0 saturated carbocycles. The molecular formula is C26H19Cl2NO5S2. The summed E-state index contributed by atoms with van der Waals surface area (Å²) in [7, 11) is 0. The number of nitrogens with zero attached hydrogens (tertiary/aromatic N) is 1. The highest BCUT2D eigenvalue weighted by Crippen LogP contribution is 2.35. The molecule has 4 rings (SSSR count). The number of hydrogen-bond acceptors (Lipinski definition) is 6. The fourth-order valence-electron chi connectivity index (χ4n) is 3.25. The third-order valence-electron chi connectivity index (χ3n) is 5.06. The van der Waals surface area contributed by atoms with Gasteiger partial charge in [-0.05, 0) is 53.6 Å². The normalized spacial score (nSPS) is 14.4. The number of carboxylic acid groups (broad SMARTS) is 1. The van der Waals surface area contributed by atoms with Crippen LogP contribution in [0.25, 0.3) is 6.08 Å². The second-order valence-electron chi connectivity index (χ2n) is 7.69. The maximum Gasteiger partial charge on any atom is 0.323 e. The van der Waals surface area contributed by atoms with Crippen LogP contribution in [0.15, 0.2) is 71.6 Å². The maximum absolute atomic E-state index is 12.7. The topological polar surface area (TPSA) is 76.1 Å². The van der Waals surface area contributed by atoms with Gasteiger partial charge < -0.3 is 14.6 Å². The molecule has 1 aliphatic rings. The van der Waals surface area contributed by atoms with Crippen molar-refractivity contribution in [1.82, 2.24) is 4.90 Å². The Morgan fingerprint density at radius 3 is 2.11 bits per heavy atom. The Balaban J connectivity index is 1.58. The molecule has 1 amide bonds. The fourth-order valence-corrected chi connectivity index (χ4v) is 4.75. The Kier molecular flexibility index (Phi) is 8.53. The summed E-state index contributed by atoms with van der Waals surface area (Å²) in [6, 6.07) is 19.9. The average molecular weight is 560 g/mol. The Morgan fingerprint density at radius 1 is 0.944 bits per heavy atom. The lowest BCUT2D eigenvalue weighted by atomic mass is 10.1. The Bertz CT molecular complexity index is 1330. The number of hydrogen-bond donors (Lipinski definition) is 1. The van der Waals surface area contributed by atoms with Crippen LogP contribution >= 0.6 is 47.2 Å². The van der Waals surface area contributed by atoms with Gasteiger partial charge in [-0.3, -0.25) is 14.5 Å². The number of carboxylic acids is 1. The van der Waals surface area contributed by atoms with Crippen molar-refractivity contribution in [3.63, 3.8) is 0 Å². The van der Waals surface area contributed by atoms with E-state index in [-0.39, 0.29) is 10.9 Å². The largest absolute Gasteiger partial charge is 0.489 e. The van der Waals surface area contributed by atoms with E-state index in [1.807, 2.05) is 24.3 Å². The standard InChI is InChI=1S/C26H19Cl2NO5S2/c27-19-6-1-16(2-7-19)14-33-21-10-5-18(11-23-25(32)29(13-24(30)31)26(35)36-23)22(12-21)34-15-17-3-8-20(28)9-4-17/h1-12H,13-15H2,(H,30,31). The van der Waals surface area contributed by atoms with Gasteiger partial charge in [-0.25, -0.2) is 0 Å². The van der Waals surface area contributed by atoms with Crippen molar-refractivity contribution < 1.29 is 24.2 Å². The first-order chi connectivity index (χ1) is 17.3. The van der Waals surface area contributed by atoms with E-state index < -0.39 is 18.4 Å². The van der Waals surface area contributed by atoms with Gasteiger partial charge in [-0.2, -0.15) is 0 Å². The first-order valence-electron chi connectivity index (χ1n) is 10.6. The van der Waals surface area contributed by atoms with Crippen molar-refractivity contribution in [2.75, 3.05) is 6.54 Å². The van der Waals surface area contributed by atoms with Crippen molar-refractivity contribution in [1.29, 1.82) is 0 Å². The Morgan fingerprint density at radius 2 is 1.53 bits per heavy atom. The summed E-state index contributed by atoms with van der Waals surface area (Å²) in [6.07, 6.45) is 1.64. The highest BCUT2D eigenvalue weighted by molar-refractivity contribution is 8.26. The summed E-state index contributed by atoms with van der Waals surface area (Å²) in [5, 5.41) is 10.3. The second kappa shape index (κ2) is 11.8. The van der Waals surface area contributed by atoms with Gasteiger partial charge in [0.15, 0.2) is 0 Å². The number of carbonyl (C=O) groups excluding carboxylic acids is 1. The monoisotopic (exact) mass is 559 g/mol. The zero-order valence-electron chi connectivity index (χ0n) is 18.6. The van der Waals surface area contributed by atoms with Crippen molar-refractivity contribution in [3.05, 3.63) is 98.4 Å². The number of aliphatic carboxylic acids is 1. The molecule has 0 spiro atoms. The molecule has 0 aliphatic carbocycles. The van der Waals surface area contributed by atoms with Crippen molar-refractivity contribution >= 4 is 69.5 Å². The quantitative estimate of drug-likeness (QED) is 0.239. The maximum atomic E-state index is 12.7. The smallest absolute Gasteiger partial charge is 0.323 e. The van der Waals surface area contributed by atoms with E-state index in [1.165, 1.54) is 0 Å². The number of rotatable bonds is 9. The molecule has 1 heterocycles. The molecule has 0 radical (unpaired) electrons. The number of ether oxygens (including phenoxy) is 2. The number of thioether (sulfide) groups is 1. The van der Waals surface area contributed by atoms with Crippen LogP contribution in [0.3, 0.4) is 0 Å². The average Bonchev–Trinajstić information content (AvgIpc) is 3.11. The molecule has 0 atom stereocenters. The highest BCUT2D eigenvalue weighted by Gasteiger charge is 2.33. The molecule has 1 N–H and O–H groups in total. The summed E-state index contributed by atoms with van der Waals surface area (Å²) < 4.78 is 12.2. The SMILES string of the molecule is O=C(O)CN1C(=O)C(=Cc2ccc(OCc3ccc(Cl)cc3)cc2OCc2ccc(Cl)cc2)SC1=S. The van der Waals surface area contributed by atoms with Crippen molar-refractivity contribution in [2.45, 2.75) is 13.2 Å². The van der Waals surface area contributed by atoms with Crippen LogP contribution < -0.4 is 9.47 Å². The van der Waals surface area contributed by atoms with Crippen LogP contribution in [0.1, 0.15) is 16.7 Å². The number of amides is 1. The Hall–Kier alpha value is -3.04. The van der Waals surface area contributed by atoms with E-state index in [4.69, 9.17) is 50.0 Å². The minimum absolute atomic E-state index is 0.195. The molecule has 3 aromatic carbocycles. The summed E-state index contributed by atoms with van der Waals surface area (Å²) in [5.74, 6) is -0.533. The van der Waals surface area contributed by atoms with E-state index in [2.05, 4.69) is 0 Å². The molecule has 1 fully saturated rings. The molecule has 184 valence electrons. The van der Waals surface area contributed by atoms with Crippen LogP contribution in [0, 0.1) is 0 Å². The van der Waals surface area contributed by atoms with E-state index >= 15 is 0 Å². The third kappa shape index (κ3) is 6.79. The predicted molar refractivity (Wildman–Crippen MR) is 146 cm³/mol. The van der Waals surface area contributed by atoms with Crippen LogP contribution in [0.5, 0.6) is 11.5 Å². The molecule has 6 nitrogen and oxygen atoms in total. The predicted octanol–water partition coefficient (Wildman–Crippen LogP) is 6.44. The lowest BCUT2D eigenvalue weighted by Gasteiger charge is -2.13. The molecule has 0 aromatic heterocycles. The fraction of sp³-hybridized carbons (Fsp3) is 0.115. The first kappa shape index (κ1) is 26.0. The zero-order valence-corrected chi connectivity index (χ0v) is 21.8. The lowest BCUT2D eigenvalue weighted by Crippen LogP contribution is -2.33. The minimum atomic E-state index is -1.14. The summed E-state index contributed by atoms with van der Waals surface area (Å²) in [5.41, 5.74) is 2.48. The first-order valence-corrected chi connectivity index (χ1v) is 12.6. The van der Waals surface area contributed by atoms with Gasteiger partial charge in [0.05, 0.1) is 4.91 Å². The number of carbonyl (C=O) groups is 2. The van der Waals surface area contributed by atoms with Gasteiger partial charge >= 0.3 is 5.97 Å². The van der Waals surface area contributed by atoms with Gasteiger partial charge in [0.2, 0.25) is 0 Å². The molecule has 10 heteroatoms. The van der Waals surface area contributed by atoms with Gasteiger partial charge in [-0.1, -0.05) is 71.4 Å². The van der Waals surface area contributed by atoms with Crippen molar-refractivity contribution in [3.8, 4) is 11.5 Å². The van der Waals surface area contributed by atoms with E-state index in [1.54, 1.807) is 48.5 Å². The van der Waals surface area contributed by atoms with Crippen LogP contribution in [-0.2, 0) is 22.8 Å². The molecule has 0 unspecified atom stereocenters. The molecule has 0 bridgehead atoms. The third-order valence-corrected chi connectivity index (χ3v) is 6.95.